The molecule has 0 fully saturated rings. The largest absolute Gasteiger partial charge is 0.476 e. The van der Waals surface area contributed by atoms with Crippen LogP contribution in [0.5, 0.6) is 0 Å². The lowest BCUT2D eigenvalue weighted by Crippen LogP contribution is -2.36. The second kappa shape index (κ2) is 12.9. The zero-order chi connectivity index (χ0) is 33.0. The molecule has 2 aromatic carbocycles. The van der Waals surface area contributed by atoms with Crippen molar-refractivity contribution in [3.8, 4) is 11.4 Å². The zero-order valence-corrected chi connectivity index (χ0v) is 24.4. The van der Waals surface area contributed by atoms with Gasteiger partial charge in [0, 0.05) is 36.9 Å². The summed E-state index contributed by atoms with van der Waals surface area (Å²) in [5.74, 6) is -1.47. The Morgan fingerprint density at radius 1 is 0.848 bits per heavy atom. The van der Waals surface area contributed by atoms with Gasteiger partial charge in [0.1, 0.15) is 12.7 Å². The molecular formula is C28H28N12O6. The van der Waals surface area contributed by atoms with Gasteiger partial charge in [-0.15, -0.1) is 0 Å². The van der Waals surface area contributed by atoms with E-state index in [0.717, 1.165) is 11.4 Å². The molecule has 18 nitrogen and oxygen atoms in total. The highest BCUT2D eigenvalue weighted by Crippen LogP contribution is 2.21. The number of fused-ring (bicyclic) bond motifs is 2. The van der Waals surface area contributed by atoms with Crippen LogP contribution < -0.4 is 21.3 Å². The van der Waals surface area contributed by atoms with Crippen molar-refractivity contribution in [1.82, 2.24) is 44.4 Å². The summed E-state index contributed by atoms with van der Waals surface area (Å²) in [7, 11) is 0. The number of anilines is 2. The van der Waals surface area contributed by atoms with Gasteiger partial charge in [-0.25, -0.2) is 39.1 Å². The first kappa shape index (κ1) is 30.7. The van der Waals surface area contributed by atoms with E-state index in [1.807, 2.05) is 6.92 Å². The van der Waals surface area contributed by atoms with Gasteiger partial charge in [-0.2, -0.15) is 0 Å². The van der Waals surface area contributed by atoms with Crippen molar-refractivity contribution in [2.75, 3.05) is 23.3 Å². The number of hydrogen-bond acceptors (Lipinski definition) is 8. The maximum atomic E-state index is 11.5. The van der Waals surface area contributed by atoms with Gasteiger partial charge >= 0.3 is 24.0 Å². The monoisotopic (exact) mass is 628 g/mol. The number of aromatic nitrogens is 8. The zero-order valence-electron chi connectivity index (χ0n) is 24.4. The van der Waals surface area contributed by atoms with Crippen LogP contribution in [0.15, 0.2) is 61.4 Å². The van der Waals surface area contributed by atoms with Crippen molar-refractivity contribution in [1.29, 1.82) is 0 Å². The molecule has 0 aliphatic rings. The number of hydrogen-bond donors (Lipinski definition) is 7. The van der Waals surface area contributed by atoms with Crippen LogP contribution in [0.25, 0.3) is 33.4 Å². The Kier molecular flexibility index (Phi) is 8.60. The first-order valence-electron chi connectivity index (χ1n) is 13.7. The third-order valence-electron chi connectivity index (χ3n) is 6.53. The van der Waals surface area contributed by atoms with E-state index < -0.39 is 18.0 Å². The third kappa shape index (κ3) is 6.59. The fourth-order valence-corrected chi connectivity index (χ4v) is 4.36. The average molecular weight is 629 g/mol. The second-order valence-corrected chi connectivity index (χ2v) is 9.56. The maximum absolute atomic E-state index is 11.5. The summed E-state index contributed by atoms with van der Waals surface area (Å²) in [5, 5.41) is 23.0. The third-order valence-corrected chi connectivity index (χ3v) is 6.53. The van der Waals surface area contributed by atoms with Crippen molar-refractivity contribution in [3.05, 3.63) is 72.8 Å². The molecule has 4 amide bonds. The standard InChI is InChI=1S/2C14H14N6O3/c1-2-20(13(15)23)14-17-9-4-3-8(5-10(9)18-14)19-6-11(12(21)22)16-7-19;1-2-15-14(23)19-13-17-9-4-3-8(5-10(9)18-13)20-6-11(12(21)22)16-7-20/h3-7H,2H2,1H3,(H2,15,23)(H,17,18)(H,21,22);3-7H,2H2,1H3,(H,21,22)(H3,15,17,18,19,23). The lowest BCUT2D eigenvalue weighted by Gasteiger charge is -2.13. The van der Waals surface area contributed by atoms with E-state index in [1.165, 1.54) is 29.9 Å². The Morgan fingerprint density at radius 2 is 1.39 bits per heavy atom. The van der Waals surface area contributed by atoms with Gasteiger partial charge in [0.05, 0.1) is 22.1 Å². The van der Waals surface area contributed by atoms with Crippen LogP contribution in [0.1, 0.15) is 34.8 Å². The first-order valence-corrected chi connectivity index (χ1v) is 13.7. The highest BCUT2D eigenvalue weighted by molar-refractivity contribution is 5.92. The van der Waals surface area contributed by atoms with Gasteiger partial charge in [-0.1, -0.05) is 0 Å². The molecule has 0 atom stereocenters. The Morgan fingerprint density at radius 3 is 1.87 bits per heavy atom. The lowest BCUT2D eigenvalue weighted by molar-refractivity contribution is 0.0680. The van der Waals surface area contributed by atoms with Crippen LogP contribution in [-0.2, 0) is 0 Å². The molecule has 0 saturated heterocycles. The van der Waals surface area contributed by atoms with E-state index in [1.54, 1.807) is 52.5 Å². The summed E-state index contributed by atoms with van der Waals surface area (Å²) in [6, 6.07) is 9.74. The summed E-state index contributed by atoms with van der Waals surface area (Å²) in [6.45, 7) is 4.53. The molecule has 0 aliphatic carbocycles. The number of carbonyl (C=O) groups excluding carboxylic acids is 2. The molecule has 236 valence electrons. The van der Waals surface area contributed by atoms with Crippen LogP contribution in [0.3, 0.4) is 0 Å². The number of nitrogens with two attached hydrogens (primary N) is 1. The predicted molar refractivity (Wildman–Crippen MR) is 166 cm³/mol. The van der Waals surface area contributed by atoms with E-state index in [-0.39, 0.29) is 17.4 Å². The molecule has 4 heterocycles. The smallest absolute Gasteiger partial charge is 0.356 e. The number of urea groups is 2. The number of carbonyl (C=O) groups is 4. The minimum Gasteiger partial charge on any atom is -0.476 e. The summed E-state index contributed by atoms with van der Waals surface area (Å²) in [5.41, 5.74) is 9.44. The fraction of sp³-hybridized carbons (Fsp3) is 0.143. The summed E-state index contributed by atoms with van der Waals surface area (Å²) in [4.78, 5) is 68.2. The van der Waals surface area contributed by atoms with Crippen molar-refractivity contribution < 1.29 is 29.4 Å². The van der Waals surface area contributed by atoms with E-state index in [9.17, 15) is 19.2 Å². The highest BCUT2D eigenvalue weighted by atomic mass is 16.4. The number of imidazole rings is 4. The molecule has 0 spiro atoms. The minimum atomic E-state index is -1.09. The first-order chi connectivity index (χ1) is 22.1. The molecule has 18 heteroatoms. The molecule has 46 heavy (non-hydrogen) atoms. The SMILES string of the molecule is CCN(C(N)=O)c1nc2ccc(-n3cnc(C(=O)O)c3)cc2[nH]1.CCNC(=O)Nc1nc2ccc(-n3cnc(C(=O)O)c3)cc2[nH]1. The number of benzene rings is 2. The predicted octanol–water partition coefficient (Wildman–Crippen LogP) is 2.94. The minimum absolute atomic E-state index is 0.0340. The van der Waals surface area contributed by atoms with E-state index >= 15 is 0 Å². The Labute approximate surface area is 258 Å². The van der Waals surface area contributed by atoms with Gasteiger partial charge in [0.25, 0.3) is 0 Å². The van der Waals surface area contributed by atoms with Crippen LogP contribution in [0, 0.1) is 0 Å². The number of amides is 4. The number of nitrogens with zero attached hydrogens (tertiary/aromatic N) is 7. The number of rotatable bonds is 8. The average Bonchev–Trinajstić information content (AvgIpc) is 3.82. The number of nitrogens with one attached hydrogen (secondary N) is 4. The lowest BCUT2D eigenvalue weighted by atomic mass is 10.3. The number of aromatic carboxylic acids is 2. The van der Waals surface area contributed by atoms with E-state index in [0.29, 0.717) is 47.1 Å². The van der Waals surface area contributed by atoms with Crippen molar-refractivity contribution in [2.24, 2.45) is 5.73 Å². The summed E-state index contributed by atoms with van der Waals surface area (Å²) >= 11 is 0. The molecule has 0 bridgehead atoms. The molecule has 8 N–H and O–H groups in total. The normalized spacial score (nSPS) is 10.7. The Balaban J connectivity index is 0.000000181. The molecule has 0 radical (unpaired) electrons. The van der Waals surface area contributed by atoms with Crippen LogP contribution in [-0.4, -0.2) is 86.3 Å². The topological polar surface area (TPSA) is 255 Å². The molecule has 0 unspecified atom stereocenters. The number of carboxylic acids is 2. The molecule has 0 saturated carbocycles. The number of carboxylic acid groups (broad SMARTS) is 2. The van der Waals surface area contributed by atoms with Crippen molar-refractivity contribution in [2.45, 2.75) is 13.8 Å². The van der Waals surface area contributed by atoms with Crippen LogP contribution in [0.4, 0.5) is 21.5 Å². The molecular weight excluding hydrogens is 600 g/mol. The maximum Gasteiger partial charge on any atom is 0.356 e. The number of aromatic amines is 2. The van der Waals surface area contributed by atoms with Crippen LogP contribution in [0.2, 0.25) is 0 Å². The summed E-state index contributed by atoms with van der Waals surface area (Å²) < 4.78 is 3.19. The number of H-pyrrole nitrogens is 2. The second-order valence-electron chi connectivity index (χ2n) is 9.56. The molecule has 4 aromatic heterocycles. The highest BCUT2D eigenvalue weighted by Gasteiger charge is 2.15. The summed E-state index contributed by atoms with van der Waals surface area (Å²) in [6.07, 6.45) is 5.69. The number of primary amides is 1. The van der Waals surface area contributed by atoms with Crippen LogP contribution >= 0.6 is 0 Å². The van der Waals surface area contributed by atoms with Gasteiger partial charge in [0.2, 0.25) is 11.9 Å². The quantitative estimate of drug-likeness (QED) is 0.130. The van der Waals surface area contributed by atoms with Gasteiger partial charge in [-0.05, 0) is 50.2 Å². The molecule has 0 aliphatic heterocycles. The Bertz CT molecular complexity index is 2070. The van der Waals surface area contributed by atoms with E-state index in [4.69, 9.17) is 15.9 Å². The van der Waals surface area contributed by atoms with E-state index in [2.05, 4.69) is 40.5 Å². The fourth-order valence-electron chi connectivity index (χ4n) is 4.36. The van der Waals surface area contributed by atoms with Gasteiger partial charge in [0.15, 0.2) is 11.4 Å². The Hall–Kier alpha value is -6.72. The van der Waals surface area contributed by atoms with Gasteiger partial charge < -0.3 is 40.4 Å². The van der Waals surface area contributed by atoms with Crippen molar-refractivity contribution >= 4 is 58.0 Å². The van der Waals surface area contributed by atoms with Gasteiger partial charge in [-0.3, -0.25) is 10.2 Å². The molecule has 6 aromatic rings. The van der Waals surface area contributed by atoms with Crippen molar-refractivity contribution in [3.63, 3.8) is 0 Å². The molecule has 6 rings (SSSR count).